The Balaban J connectivity index is 2.79. The standard InChI is InChI=1S/C10H8F2O3Se/c1-15-9(14)8(13)10(11,12)16-7-5-3-2-4-6-7/h2-6H,1H3. The minimum absolute atomic E-state index is 0.345. The fourth-order valence-corrected chi connectivity index (χ4v) is 2.50. The SMILES string of the molecule is COC(=O)C(=O)C(F)(F)[Se]c1ccccc1. The second kappa shape index (κ2) is 5.18. The summed E-state index contributed by atoms with van der Waals surface area (Å²) in [6, 6.07) is 7.84. The normalized spacial score (nSPS) is 10.9. The van der Waals surface area contributed by atoms with E-state index in [1.54, 1.807) is 18.2 Å². The Morgan fingerprint density at radius 3 is 2.31 bits per heavy atom. The number of alkyl halides is 2. The molecule has 0 aromatic heterocycles. The van der Waals surface area contributed by atoms with E-state index in [9.17, 15) is 18.4 Å². The van der Waals surface area contributed by atoms with Crippen molar-refractivity contribution in [2.24, 2.45) is 0 Å². The Hall–Kier alpha value is -1.26. The summed E-state index contributed by atoms with van der Waals surface area (Å²) in [5, 5.41) is 0. The van der Waals surface area contributed by atoms with E-state index in [2.05, 4.69) is 4.74 Å². The van der Waals surface area contributed by atoms with E-state index in [4.69, 9.17) is 0 Å². The Morgan fingerprint density at radius 1 is 1.25 bits per heavy atom. The second-order valence-electron chi connectivity index (χ2n) is 2.75. The molecule has 1 rings (SSSR count). The molecule has 0 amide bonds. The number of rotatable bonds is 4. The summed E-state index contributed by atoms with van der Waals surface area (Å²) in [5.41, 5.74) is 0. The number of benzene rings is 1. The van der Waals surface area contributed by atoms with Crippen molar-refractivity contribution in [3.05, 3.63) is 30.3 Å². The first-order chi connectivity index (χ1) is 7.47. The van der Waals surface area contributed by atoms with E-state index >= 15 is 0 Å². The summed E-state index contributed by atoms with van der Waals surface area (Å²) in [6.07, 6.45) is 0. The van der Waals surface area contributed by atoms with Gasteiger partial charge in [-0.1, -0.05) is 0 Å². The summed E-state index contributed by atoms with van der Waals surface area (Å²) in [4.78, 5) is 18.0. The van der Waals surface area contributed by atoms with Gasteiger partial charge in [0.15, 0.2) is 0 Å². The van der Waals surface area contributed by atoms with Gasteiger partial charge in [0.1, 0.15) is 0 Å². The number of carbonyl (C=O) groups is 2. The summed E-state index contributed by atoms with van der Waals surface area (Å²) in [7, 11) is 0.895. The van der Waals surface area contributed by atoms with Gasteiger partial charge >= 0.3 is 96.5 Å². The van der Waals surface area contributed by atoms with E-state index in [1.165, 1.54) is 12.1 Å². The molecule has 0 atom stereocenters. The topological polar surface area (TPSA) is 43.4 Å². The second-order valence-corrected chi connectivity index (χ2v) is 5.25. The molecule has 3 nitrogen and oxygen atoms in total. The molecule has 0 heterocycles. The summed E-state index contributed by atoms with van der Waals surface area (Å²) >= 11 is -1.42. The van der Waals surface area contributed by atoms with Crippen molar-refractivity contribution in [3.63, 3.8) is 0 Å². The molecule has 0 saturated heterocycles. The van der Waals surface area contributed by atoms with Crippen LogP contribution in [0.1, 0.15) is 0 Å². The van der Waals surface area contributed by atoms with Crippen LogP contribution in [0.2, 0.25) is 0 Å². The number of hydrogen-bond donors (Lipinski definition) is 0. The zero-order valence-electron chi connectivity index (χ0n) is 8.28. The Morgan fingerprint density at radius 2 is 1.81 bits per heavy atom. The van der Waals surface area contributed by atoms with Crippen LogP contribution in [0.15, 0.2) is 30.3 Å². The number of hydrogen-bond acceptors (Lipinski definition) is 3. The van der Waals surface area contributed by atoms with Gasteiger partial charge in [-0.05, 0) is 0 Å². The van der Waals surface area contributed by atoms with Crippen LogP contribution in [0.4, 0.5) is 8.78 Å². The van der Waals surface area contributed by atoms with Crippen LogP contribution in [0, 0.1) is 0 Å². The van der Waals surface area contributed by atoms with Crippen molar-refractivity contribution in [3.8, 4) is 0 Å². The van der Waals surface area contributed by atoms with Crippen molar-refractivity contribution in [1.82, 2.24) is 0 Å². The third-order valence-electron chi connectivity index (χ3n) is 1.62. The average Bonchev–Trinajstić information content (AvgIpc) is 2.27. The summed E-state index contributed by atoms with van der Waals surface area (Å²) in [5.74, 6) is -3.30. The molecule has 16 heavy (non-hydrogen) atoms. The third kappa shape index (κ3) is 3.12. The summed E-state index contributed by atoms with van der Waals surface area (Å²) < 4.78 is 31.0. The fourth-order valence-electron chi connectivity index (χ4n) is 0.894. The molecule has 86 valence electrons. The van der Waals surface area contributed by atoms with Gasteiger partial charge in [0.25, 0.3) is 0 Å². The van der Waals surface area contributed by atoms with Crippen molar-refractivity contribution in [2.75, 3.05) is 7.11 Å². The van der Waals surface area contributed by atoms with E-state index in [0.29, 0.717) is 4.46 Å². The molecule has 0 radical (unpaired) electrons. The fraction of sp³-hybridized carbons (Fsp3) is 0.200. The van der Waals surface area contributed by atoms with Crippen molar-refractivity contribution in [1.29, 1.82) is 0 Å². The van der Waals surface area contributed by atoms with E-state index in [1.807, 2.05) is 0 Å². The molecule has 0 N–H and O–H groups in total. The monoisotopic (exact) mass is 294 g/mol. The quantitative estimate of drug-likeness (QED) is 0.457. The van der Waals surface area contributed by atoms with E-state index in [-0.39, 0.29) is 0 Å². The van der Waals surface area contributed by atoms with Gasteiger partial charge < -0.3 is 0 Å². The van der Waals surface area contributed by atoms with Crippen LogP contribution in [0.5, 0.6) is 0 Å². The first kappa shape index (κ1) is 12.8. The minimum atomic E-state index is -3.67. The van der Waals surface area contributed by atoms with Gasteiger partial charge in [0.2, 0.25) is 0 Å². The average molecular weight is 293 g/mol. The molecule has 0 aliphatic rings. The van der Waals surface area contributed by atoms with Crippen LogP contribution < -0.4 is 4.46 Å². The molecule has 1 aromatic carbocycles. The van der Waals surface area contributed by atoms with Gasteiger partial charge in [-0.15, -0.1) is 0 Å². The number of carbonyl (C=O) groups excluding carboxylic acids is 2. The Bertz CT molecular complexity index is 392. The van der Waals surface area contributed by atoms with Crippen LogP contribution >= 0.6 is 0 Å². The van der Waals surface area contributed by atoms with Gasteiger partial charge in [0.05, 0.1) is 0 Å². The molecule has 0 saturated carbocycles. The molecule has 0 aliphatic heterocycles. The molecule has 0 fully saturated rings. The molecule has 6 heteroatoms. The third-order valence-corrected chi connectivity index (χ3v) is 3.62. The summed E-state index contributed by atoms with van der Waals surface area (Å²) in [6.45, 7) is 0. The Kier molecular flexibility index (Phi) is 4.15. The van der Waals surface area contributed by atoms with Gasteiger partial charge in [-0.3, -0.25) is 0 Å². The number of ether oxygens (including phenoxy) is 1. The van der Waals surface area contributed by atoms with Crippen LogP contribution in [0.3, 0.4) is 0 Å². The number of methoxy groups -OCH3 is 1. The molecular formula is C10H8F2O3Se. The van der Waals surface area contributed by atoms with E-state index < -0.39 is 31.5 Å². The van der Waals surface area contributed by atoms with Crippen LogP contribution in [-0.2, 0) is 14.3 Å². The number of halogens is 2. The number of ketones is 1. The molecule has 0 unspecified atom stereocenters. The van der Waals surface area contributed by atoms with E-state index in [0.717, 1.165) is 7.11 Å². The molecule has 1 aromatic rings. The maximum atomic E-state index is 13.3. The predicted molar refractivity (Wildman–Crippen MR) is 53.8 cm³/mol. The van der Waals surface area contributed by atoms with Crippen molar-refractivity contribution in [2.45, 2.75) is 4.82 Å². The molecule has 0 bridgehead atoms. The van der Waals surface area contributed by atoms with Crippen LogP contribution in [-0.4, -0.2) is 38.6 Å². The predicted octanol–water partition coefficient (Wildman–Crippen LogP) is 0.351. The first-order valence-electron chi connectivity index (χ1n) is 4.22. The maximum absolute atomic E-state index is 13.3. The Labute approximate surface area is 96.9 Å². The zero-order valence-corrected chi connectivity index (χ0v) is 9.99. The van der Waals surface area contributed by atoms with Crippen molar-refractivity contribution < 1.29 is 23.1 Å². The zero-order chi connectivity index (χ0) is 12.2. The van der Waals surface area contributed by atoms with Gasteiger partial charge in [-0.25, -0.2) is 0 Å². The molecular weight excluding hydrogens is 285 g/mol. The van der Waals surface area contributed by atoms with Crippen LogP contribution in [0.25, 0.3) is 0 Å². The van der Waals surface area contributed by atoms with Crippen molar-refractivity contribution >= 4 is 31.2 Å². The van der Waals surface area contributed by atoms with Gasteiger partial charge in [-0.2, -0.15) is 0 Å². The molecule has 0 aliphatic carbocycles. The number of Topliss-reactive ketones (excluding diaryl/α,β-unsaturated/α-hetero) is 1. The number of esters is 1. The van der Waals surface area contributed by atoms with Gasteiger partial charge in [0, 0.05) is 0 Å². The first-order valence-corrected chi connectivity index (χ1v) is 5.93. The molecule has 0 spiro atoms.